The molecule has 0 bridgehead atoms. The Kier molecular flexibility index (Phi) is 6.26. The first-order chi connectivity index (χ1) is 25.3. The molecule has 0 N–H and O–H groups in total. The minimum Gasteiger partial charge on any atom is -0.456 e. The summed E-state index contributed by atoms with van der Waals surface area (Å²) < 4.78 is 11.3. The van der Waals surface area contributed by atoms with Crippen molar-refractivity contribution in [2.45, 2.75) is 0 Å². The van der Waals surface area contributed by atoms with Crippen LogP contribution in [-0.2, 0) is 0 Å². The highest BCUT2D eigenvalue weighted by atomic mass is 32.1. The van der Waals surface area contributed by atoms with E-state index in [1.807, 2.05) is 77.3 Å². The van der Waals surface area contributed by atoms with Crippen LogP contribution in [0, 0.1) is 0 Å². The normalized spacial score (nSPS) is 11.9. The van der Waals surface area contributed by atoms with Crippen LogP contribution in [0.5, 0.6) is 0 Å². The summed E-state index contributed by atoms with van der Waals surface area (Å²) in [6.45, 7) is 0. The van der Waals surface area contributed by atoms with Gasteiger partial charge < -0.3 is 4.42 Å². The molecule has 51 heavy (non-hydrogen) atoms. The number of hydrogen-bond acceptors (Lipinski definition) is 6. The number of benzene rings is 7. The number of hydrogen-bond donors (Lipinski definition) is 0. The largest absolute Gasteiger partial charge is 0.456 e. The number of fused-ring (bicyclic) bond motifs is 9. The second kappa shape index (κ2) is 11.2. The second-order valence-corrected chi connectivity index (χ2v) is 14.8. The van der Waals surface area contributed by atoms with Crippen LogP contribution in [-0.4, -0.2) is 15.0 Å². The molecule has 0 saturated heterocycles. The maximum Gasteiger partial charge on any atom is 0.165 e. The van der Waals surface area contributed by atoms with E-state index >= 15 is 0 Å². The van der Waals surface area contributed by atoms with Crippen LogP contribution in [0.2, 0.25) is 0 Å². The molecule has 0 fully saturated rings. The number of para-hydroxylation sites is 1. The molecule has 0 radical (unpaired) electrons. The van der Waals surface area contributed by atoms with E-state index in [0.29, 0.717) is 17.5 Å². The number of aromatic nitrogens is 3. The van der Waals surface area contributed by atoms with Crippen LogP contribution in [0.25, 0.3) is 108 Å². The highest BCUT2D eigenvalue weighted by molar-refractivity contribution is 7.27. The highest BCUT2D eigenvalue weighted by Gasteiger charge is 2.20. The maximum atomic E-state index is 6.26. The Morgan fingerprint density at radius 3 is 1.69 bits per heavy atom. The summed E-state index contributed by atoms with van der Waals surface area (Å²) in [5.41, 5.74) is 7.00. The Balaban J connectivity index is 1.13. The van der Waals surface area contributed by atoms with Crippen molar-refractivity contribution in [1.82, 2.24) is 15.0 Å². The molecular formula is C45H25N3OS2. The molecule has 238 valence electrons. The van der Waals surface area contributed by atoms with Crippen LogP contribution >= 0.6 is 22.7 Å². The van der Waals surface area contributed by atoms with Crippen LogP contribution in [0.4, 0.5) is 0 Å². The third kappa shape index (κ3) is 4.47. The Labute approximate surface area is 299 Å². The van der Waals surface area contributed by atoms with Crippen molar-refractivity contribution in [2.75, 3.05) is 0 Å². The lowest BCUT2D eigenvalue weighted by Crippen LogP contribution is -2.00. The molecule has 0 unspecified atom stereocenters. The zero-order chi connectivity index (χ0) is 33.5. The molecule has 4 heterocycles. The molecule has 0 aliphatic carbocycles. The van der Waals surface area contributed by atoms with E-state index < -0.39 is 0 Å². The van der Waals surface area contributed by atoms with Crippen LogP contribution in [0.3, 0.4) is 0 Å². The molecule has 4 nitrogen and oxygen atoms in total. The van der Waals surface area contributed by atoms with Crippen molar-refractivity contribution < 1.29 is 4.42 Å². The lowest BCUT2D eigenvalue weighted by Gasteiger charge is -2.09. The van der Waals surface area contributed by atoms with Crippen molar-refractivity contribution in [1.29, 1.82) is 0 Å². The summed E-state index contributed by atoms with van der Waals surface area (Å²) in [6.07, 6.45) is 0. The standard InChI is InChI=1S/C45H25N3OS2/c1-2-11-26(12-3-1)43-46-44(27-23-24-29-28-13-4-6-21-37(28)49-38(29)25-27)48-45(47-43)36-20-10-19-35-34-18-9-17-33(41(34)51-42(35)36)32-16-8-15-31-30-14-5-7-22-39(30)50-40(31)32/h1-25H. The number of nitrogens with zero attached hydrogens (tertiary/aromatic N) is 3. The Morgan fingerprint density at radius 1 is 0.353 bits per heavy atom. The Hall–Kier alpha value is -6.21. The predicted octanol–water partition coefficient (Wildman–Crippen LogP) is 13.2. The van der Waals surface area contributed by atoms with E-state index in [1.165, 1.54) is 46.8 Å². The monoisotopic (exact) mass is 687 g/mol. The number of rotatable bonds is 4. The molecule has 0 saturated carbocycles. The SMILES string of the molecule is c1ccc(-c2nc(-c3ccc4c(c3)oc3ccccc34)nc(-c3cccc4c3sc3c(-c5cccc6c5sc5ccccc56)cccc34)n2)cc1. The van der Waals surface area contributed by atoms with Gasteiger partial charge in [0, 0.05) is 78.9 Å². The van der Waals surface area contributed by atoms with Crippen molar-refractivity contribution in [3.8, 4) is 45.3 Å². The highest BCUT2D eigenvalue weighted by Crippen LogP contribution is 2.47. The first-order valence-corrected chi connectivity index (χ1v) is 18.5. The second-order valence-electron chi connectivity index (χ2n) is 12.7. The summed E-state index contributed by atoms with van der Waals surface area (Å²) in [5.74, 6) is 1.89. The van der Waals surface area contributed by atoms with Gasteiger partial charge in [0.1, 0.15) is 11.2 Å². The fourth-order valence-corrected chi connectivity index (χ4v) is 9.94. The molecule has 11 rings (SSSR count). The van der Waals surface area contributed by atoms with Crippen LogP contribution in [0.1, 0.15) is 0 Å². The van der Waals surface area contributed by atoms with Crippen molar-refractivity contribution in [3.05, 3.63) is 152 Å². The minimum absolute atomic E-state index is 0.608. The van der Waals surface area contributed by atoms with E-state index in [4.69, 9.17) is 19.4 Å². The average molecular weight is 688 g/mol. The first-order valence-electron chi connectivity index (χ1n) is 16.9. The topological polar surface area (TPSA) is 51.8 Å². The average Bonchev–Trinajstić information content (AvgIpc) is 3.89. The van der Waals surface area contributed by atoms with Gasteiger partial charge in [-0.1, -0.05) is 121 Å². The zero-order valence-electron chi connectivity index (χ0n) is 27.0. The molecule has 11 aromatic rings. The van der Waals surface area contributed by atoms with Gasteiger partial charge in [0.05, 0.1) is 0 Å². The van der Waals surface area contributed by atoms with Gasteiger partial charge in [0.2, 0.25) is 0 Å². The maximum absolute atomic E-state index is 6.26. The van der Waals surface area contributed by atoms with Crippen molar-refractivity contribution in [3.63, 3.8) is 0 Å². The number of thiophene rings is 2. The molecule has 0 spiro atoms. The quantitative estimate of drug-likeness (QED) is 0.185. The van der Waals surface area contributed by atoms with E-state index in [2.05, 4.69) is 97.1 Å². The molecule has 0 aliphatic rings. The minimum atomic E-state index is 0.608. The molecule has 4 aromatic heterocycles. The predicted molar refractivity (Wildman–Crippen MR) is 215 cm³/mol. The lowest BCUT2D eigenvalue weighted by molar-refractivity contribution is 0.669. The Bertz CT molecular complexity index is 3160. The van der Waals surface area contributed by atoms with Crippen LogP contribution < -0.4 is 0 Å². The van der Waals surface area contributed by atoms with Gasteiger partial charge >= 0.3 is 0 Å². The molecule has 0 amide bonds. The van der Waals surface area contributed by atoms with E-state index in [-0.39, 0.29) is 0 Å². The zero-order valence-corrected chi connectivity index (χ0v) is 28.6. The summed E-state index contributed by atoms with van der Waals surface area (Å²) in [7, 11) is 0. The van der Waals surface area contributed by atoms with Gasteiger partial charge in [0.25, 0.3) is 0 Å². The summed E-state index contributed by atoms with van der Waals surface area (Å²) in [5, 5.41) is 7.22. The summed E-state index contributed by atoms with van der Waals surface area (Å²) >= 11 is 3.69. The molecule has 0 aliphatic heterocycles. The van der Waals surface area contributed by atoms with Crippen LogP contribution in [0.15, 0.2) is 156 Å². The number of furan rings is 1. The molecule has 6 heteroatoms. The fraction of sp³-hybridized carbons (Fsp3) is 0. The van der Waals surface area contributed by atoms with Gasteiger partial charge in [0.15, 0.2) is 17.5 Å². The van der Waals surface area contributed by atoms with Gasteiger partial charge in [-0.15, -0.1) is 22.7 Å². The first kappa shape index (κ1) is 28.6. The van der Waals surface area contributed by atoms with Gasteiger partial charge in [-0.3, -0.25) is 0 Å². The third-order valence-electron chi connectivity index (χ3n) is 9.76. The summed E-state index contributed by atoms with van der Waals surface area (Å²) in [6, 6.07) is 53.1. The fourth-order valence-electron chi connectivity index (χ4n) is 7.37. The van der Waals surface area contributed by atoms with Gasteiger partial charge in [-0.05, 0) is 30.3 Å². The molecule has 7 aromatic carbocycles. The molecule has 0 atom stereocenters. The van der Waals surface area contributed by atoms with E-state index in [0.717, 1.165) is 43.3 Å². The van der Waals surface area contributed by atoms with Crippen molar-refractivity contribution in [2.24, 2.45) is 0 Å². The third-order valence-corrected chi connectivity index (χ3v) is 12.3. The van der Waals surface area contributed by atoms with Gasteiger partial charge in [-0.25, -0.2) is 15.0 Å². The lowest BCUT2D eigenvalue weighted by atomic mass is 10.00. The van der Waals surface area contributed by atoms with E-state index in [1.54, 1.807) is 0 Å². The molecular weight excluding hydrogens is 663 g/mol. The van der Waals surface area contributed by atoms with Gasteiger partial charge in [-0.2, -0.15) is 0 Å². The van der Waals surface area contributed by atoms with E-state index in [9.17, 15) is 0 Å². The Morgan fingerprint density at radius 2 is 0.902 bits per heavy atom. The smallest absolute Gasteiger partial charge is 0.165 e. The summed E-state index contributed by atoms with van der Waals surface area (Å²) in [4.78, 5) is 15.3. The van der Waals surface area contributed by atoms with Crippen molar-refractivity contribution >= 4 is 85.0 Å².